The van der Waals surface area contributed by atoms with Gasteiger partial charge in [-0.15, -0.1) is 0 Å². The van der Waals surface area contributed by atoms with Crippen molar-refractivity contribution in [1.29, 1.82) is 0 Å². The summed E-state index contributed by atoms with van der Waals surface area (Å²) < 4.78 is 0. The molecule has 0 spiro atoms. The molecule has 1 rings (SSSR count). The molecule has 1 atom stereocenters. The third-order valence-electron chi connectivity index (χ3n) is 3.47. The number of benzene rings is 1. The van der Waals surface area contributed by atoms with Gasteiger partial charge < -0.3 is 10.6 Å². The van der Waals surface area contributed by atoms with Crippen molar-refractivity contribution >= 4 is 11.6 Å². The van der Waals surface area contributed by atoms with Gasteiger partial charge in [0.25, 0.3) is 0 Å². The smallest absolute Gasteiger partial charge is 0.225 e. The lowest BCUT2D eigenvalue weighted by Crippen LogP contribution is -2.29. The number of carbonyl (C=O) groups excluding carboxylic acids is 1. The first-order valence-electron chi connectivity index (χ1n) is 7.47. The molecule has 1 unspecified atom stereocenters. The Morgan fingerprint density at radius 3 is 2.50 bits per heavy atom. The van der Waals surface area contributed by atoms with Gasteiger partial charge in [0.15, 0.2) is 0 Å². The van der Waals surface area contributed by atoms with Crippen molar-refractivity contribution in [3.05, 3.63) is 29.8 Å². The molecule has 0 saturated carbocycles. The highest BCUT2D eigenvalue weighted by molar-refractivity contribution is 5.91. The summed E-state index contributed by atoms with van der Waals surface area (Å²) in [6.45, 7) is 11.5. The van der Waals surface area contributed by atoms with Crippen LogP contribution in [0.1, 0.15) is 53.0 Å². The van der Waals surface area contributed by atoms with Gasteiger partial charge in [-0.05, 0) is 30.4 Å². The van der Waals surface area contributed by atoms with E-state index in [2.05, 4.69) is 51.3 Å². The fourth-order valence-corrected chi connectivity index (χ4v) is 2.04. The quantitative estimate of drug-likeness (QED) is 0.832. The summed E-state index contributed by atoms with van der Waals surface area (Å²) >= 11 is 0. The summed E-state index contributed by atoms with van der Waals surface area (Å²) in [7, 11) is 0. The van der Waals surface area contributed by atoms with Gasteiger partial charge in [-0.1, -0.05) is 45.9 Å². The predicted octanol–water partition coefficient (Wildman–Crippen LogP) is 3.70. The van der Waals surface area contributed by atoms with Gasteiger partial charge in [0, 0.05) is 24.7 Å². The van der Waals surface area contributed by atoms with Crippen LogP contribution in [0.15, 0.2) is 24.3 Å². The van der Waals surface area contributed by atoms with Crippen LogP contribution in [0.25, 0.3) is 0 Å². The standard InChI is InChI=1S/C17H28N2O/c1-6-13(2)18-12-11-16(20)19-15-10-8-7-9-14(15)17(3,4)5/h7-10,13,18H,6,11-12H2,1-5H3,(H,19,20). The monoisotopic (exact) mass is 276 g/mol. The van der Waals surface area contributed by atoms with Crippen LogP contribution in [0.4, 0.5) is 5.69 Å². The van der Waals surface area contributed by atoms with Crippen LogP contribution in [-0.4, -0.2) is 18.5 Å². The van der Waals surface area contributed by atoms with E-state index in [-0.39, 0.29) is 11.3 Å². The summed E-state index contributed by atoms with van der Waals surface area (Å²) in [5, 5.41) is 6.36. The summed E-state index contributed by atoms with van der Waals surface area (Å²) in [4.78, 5) is 12.0. The van der Waals surface area contributed by atoms with E-state index < -0.39 is 0 Å². The van der Waals surface area contributed by atoms with E-state index in [0.717, 1.165) is 18.7 Å². The molecule has 20 heavy (non-hydrogen) atoms. The molecule has 2 N–H and O–H groups in total. The molecule has 0 aliphatic rings. The van der Waals surface area contributed by atoms with Crippen LogP contribution in [0.2, 0.25) is 0 Å². The first-order chi connectivity index (χ1) is 9.34. The van der Waals surface area contributed by atoms with Crippen molar-refractivity contribution in [2.45, 2.75) is 58.9 Å². The van der Waals surface area contributed by atoms with Crippen LogP contribution < -0.4 is 10.6 Å². The summed E-state index contributed by atoms with van der Waals surface area (Å²) in [5.41, 5.74) is 2.12. The van der Waals surface area contributed by atoms with Gasteiger partial charge >= 0.3 is 0 Å². The van der Waals surface area contributed by atoms with E-state index in [1.54, 1.807) is 0 Å². The SMILES string of the molecule is CCC(C)NCCC(=O)Nc1ccccc1C(C)(C)C. The lowest BCUT2D eigenvalue weighted by Gasteiger charge is -2.23. The Labute approximate surface area is 123 Å². The van der Waals surface area contributed by atoms with E-state index >= 15 is 0 Å². The van der Waals surface area contributed by atoms with E-state index in [0.29, 0.717) is 12.5 Å². The normalized spacial score (nSPS) is 13.1. The van der Waals surface area contributed by atoms with Crippen LogP contribution in [0.3, 0.4) is 0 Å². The minimum absolute atomic E-state index is 0.0266. The first-order valence-corrected chi connectivity index (χ1v) is 7.47. The predicted molar refractivity (Wildman–Crippen MR) is 86.1 cm³/mol. The molecule has 0 saturated heterocycles. The number of nitrogens with one attached hydrogen (secondary N) is 2. The maximum atomic E-state index is 12.0. The van der Waals surface area contributed by atoms with Gasteiger partial charge in [-0.2, -0.15) is 0 Å². The Morgan fingerprint density at radius 1 is 1.25 bits per heavy atom. The number of anilines is 1. The fourth-order valence-electron chi connectivity index (χ4n) is 2.04. The molecule has 0 fully saturated rings. The largest absolute Gasteiger partial charge is 0.326 e. The number of amides is 1. The molecule has 1 aromatic rings. The summed E-state index contributed by atoms with van der Waals surface area (Å²) in [6.07, 6.45) is 1.58. The molecule has 3 nitrogen and oxygen atoms in total. The molecular weight excluding hydrogens is 248 g/mol. The topological polar surface area (TPSA) is 41.1 Å². The Kier molecular flexibility index (Phi) is 6.21. The average molecular weight is 276 g/mol. The van der Waals surface area contributed by atoms with Gasteiger partial charge in [0.05, 0.1) is 0 Å². The Morgan fingerprint density at radius 2 is 1.90 bits per heavy atom. The molecule has 1 amide bonds. The Balaban J connectivity index is 2.58. The van der Waals surface area contributed by atoms with Gasteiger partial charge in [-0.3, -0.25) is 4.79 Å². The Bertz CT molecular complexity index is 435. The highest BCUT2D eigenvalue weighted by atomic mass is 16.1. The number of hydrogen-bond donors (Lipinski definition) is 2. The van der Waals surface area contributed by atoms with Crippen LogP contribution in [-0.2, 0) is 10.2 Å². The van der Waals surface area contributed by atoms with Crippen molar-refractivity contribution in [3.8, 4) is 0 Å². The van der Waals surface area contributed by atoms with Crippen molar-refractivity contribution in [2.24, 2.45) is 0 Å². The number of para-hydroxylation sites is 1. The molecule has 0 bridgehead atoms. The van der Waals surface area contributed by atoms with Crippen molar-refractivity contribution in [2.75, 3.05) is 11.9 Å². The molecule has 0 aromatic heterocycles. The fraction of sp³-hybridized carbons (Fsp3) is 0.588. The van der Waals surface area contributed by atoms with Crippen molar-refractivity contribution in [3.63, 3.8) is 0 Å². The number of hydrogen-bond acceptors (Lipinski definition) is 2. The summed E-state index contributed by atoms with van der Waals surface area (Å²) in [6, 6.07) is 8.49. The van der Waals surface area contributed by atoms with Gasteiger partial charge in [0.1, 0.15) is 0 Å². The van der Waals surface area contributed by atoms with Crippen LogP contribution in [0, 0.1) is 0 Å². The second-order valence-electron chi connectivity index (χ2n) is 6.36. The highest BCUT2D eigenvalue weighted by Gasteiger charge is 2.18. The van der Waals surface area contributed by atoms with Gasteiger partial charge in [0.2, 0.25) is 5.91 Å². The minimum Gasteiger partial charge on any atom is -0.326 e. The molecule has 0 heterocycles. The zero-order valence-electron chi connectivity index (χ0n) is 13.4. The Hall–Kier alpha value is -1.35. The molecule has 3 heteroatoms. The van der Waals surface area contributed by atoms with Crippen LogP contribution >= 0.6 is 0 Å². The molecule has 0 aliphatic heterocycles. The number of carbonyl (C=O) groups is 1. The average Bonchev–Trinajstić information content (AvgIpc) is 2.37. The zero-order valence-corrected chi connectivity index (χ0v) is 13.4. The summed E-state index contributed by atoms with van der Waals surface area (Å²) in [5.74, 6) is 0.0671. The van der Waals surface area contributed by atoms with E-state index in [1.165, 1.54) is 5.56 Å². The molecule has 1 aromatic carbocycles. The third-order valence-corrected chi connectivity index (χ3v) is 3.47. The van der Waals surface area contributed by atoms with Crippen molar-refractivity contribution < 1.29 is 4.79 Å². The number of rotatable bonds is 6. The maximum absolute atomic E-state index is 12.0. The second-order valence-corrected chi connectivity index (χ2v) is 6.36. The second kappa shape index (κ2) is 7.44. The lowest BCUT2D eigenvalue weighted by molar-refractivity contribution is -0.116. The zero-order chi connectivity index (χ0) is 15.2. The van der Waals surface area contributed by atoms with Crippen molar-refractivity contribution in [1.82, 2.24) is 5.32 Å². The van der Waals surface area contributed by atoms with Crippen LogP contribution in [0.5, 0.6) is 0 Å². The van der Waals surface area contributed by atoms with E-state index in [1.807, 2.05) is 18.2 Å². The maximum Gasteiger partial charge on any atom is 0.225 e. The van der Waals surface area contributed by atoms with E-state index in [4.69, 9.17) is 0 Å². The highest BCUT2D eigenvalue weighted by Crippen LogP contribution is 2.29. The minimum atomic E-state index is 0.0266. The molecule has 112 valence electrons. The first kappa shape index (κ1) is 16.7. The molecular formula is C17H28N2O. The van der Waals surface area contributed by atoms with Gasteiger partial charge in [-0.25, -0.2) is 0 Å². The molecule has 0 aliphatic carbocycles. The molecule has 0 radical (unpaired) electrons. The lowest BCUT2D eigenvalue weighted by atomic mass is 9.86. The van der Waals surface area contributed by atoms with E-state index in [9.17, 15) is 4.79 Å². The third kappa shape index (κ3) is 5.33.